The van der Waals surface area contributed by atoms with E-state index in [1.54, 1.807) is 18.3 Å². The number of hydrogen-bond donors (Lipinski definition) is 2. The van der Waals surface area contributed by atoms with E-state index < -0.39 is 0 Å². The lowest BCUT2D eigenvalue weighted by atomic mass is 10.2. The van der Waals surface area contributed by atoms with Gasteiger partial charge >= 0.3 is 0 Å². The fraction of sp³-hybridized carbons (Fsp3) is 0.0833. The average molecular weight is 234 g/mol. The lowest BCUT2D eigenvalue weighted by Crippen LogP contribution is -1.97. The normalized spacial score (nSPS) is 10.1. The Kier molecular flexibility index (Phi) is 3.39. The molecule has 0 saturated heterocycles. The first kappa shape index (κ1) is 10.9. The van der Waals surface area contributed by atoms with Gasteiger partial charge in [0.1, 0.15) is 5.82 Å². The van der Waals surface area contributed by atoms with Crippen LogP contribution in [0.5, 0.6) is 0 Å². The molecule has 0 atom stereocenters. The molecule has 4 heteroatoms. The minimum absolute atomic E-state index is 0.546. The zero-order valence-corrected chi connectivity index (χ0v) is 9.41. The lowest BCUT2D eigenvalue weighted by molar-refractivity contribution is 1.07. The summed E-state index contributed by atoms with van der Waals surface area (Å²) in [4.78, 5) is 4.15. The lowest BCUT2D eigenvalue weighted by Gasteiger charge is -2.07. The Balaban J connectivity index is 2.18. The number of nitrogens with two attached hydrogens (primary N) is 1. The molecule has 0 saturated carbocycles. The molecule has 2 aromatic rings. The van der Waals surface area contributed by atoms with Crippen LogP contribution in [0.2, 0.25) is 5.02 Å². The SMILES string of the molecule is NCc1ccc(Nc2ncccc2Cl)cc1. The second-order valence-electron chi connectivity index (χ2n) is 3.36. The van der Waals surface area contributed by atoms with E-state index in [1.807, 2.05) is 24.3 Å². The summed E-state index contributed by atoms with van der Waals surface area (Å²) >= 11 is 5.99. The maximum Gasteiger partial charge on any atom is 0.149 e. The van der Waals surface area contributed by atoms with Crippen molar-refractivity contribution in [3.8, 4) is 0 Å². The van der Waals surface area contributed by atoms with Crippen LogP contribution < -0.4 is 11.1 Å². The molecule has 0 bridgehead atoms. The molecule has 3 N–H and O–H groups in total. The number of rotatable bonds is 3. The number of hydrogen-bond acceptors (Lipinski definition) is 3. The Morgan fingerprint density at radius 2 is 1.94 bits per heavy atom. The van der Waals surface area contributed by atoms with Crippen molar-refractivity contribution in [1.82, 2.24) is 4.98 Å². The van der Waals surface area contributed by atoms with E-state index in [-0.39, 0.29) is 0 Å². The highest BCUT2D eigenvalue weighted by Crippen LogP contribution is 2.22. The van der Waals surface area contributed by atoms with Crippen LogP contribution in [-0.2, 0) is 6.54 Å². The number of pyridine rings is 1. The fourth-order valence-electron chi connectivity index (χ4n) is 1.34. The van der Waals surface area contributed by atoms with Gasteiger partial charge in [-0.3, -0.25) is 0 Å². The summed E-state index contributed by atoms with van der Waals surface area (Å²) in [6.07, 6.45) is 1.70. The molecule has 0 aliphatic rings. The quantitative estimate of drug-likeness (QED) is 0.857. The third-order valence-corrected chi connectivity index (χ3v) is 2.52. The highest BCUT2D eigenvalue weighted by Gasteiger charge is 2.00. The van der Waals surface area contributed by atoms with E-state index in [0.717, 1.165) is 11.3 Å². The Hall–Kier alpha value is -1.58. The van der Waals surface area contributed by atoms with Gasteiger partial charge < -0.3 is 11.1 Å². The minimum atomic E-state index is 0.546. The summed E-state index contributed by atoms with van der Waals surface area (Å²) in [5, 5.41) is 3.74. The van der Waals surface area contributed by atoms with E-state index in [4.69, 9.17) is 17.3 Å². The maximum atomic E-state index is 5.99. The van der Waals surface area contributed by atoms with Gasteiger partial charge in [-0.25, -0.2) is 4.98 Å². The number of nitrogens with one attached hydrogen (secondary N) is 1. The van der Waals surface area contributed by atoms with Crippen LogP contribution in [-0.4, -0.2) is 4.98 Å². The van der Waals surface area contributed by atoms with Crippen LogP contribution >= 0.6 is 11.6 Å². The van der Waals surface area contributed by atoms with Gasteiger partial charge in [-0.1, -0.05) is 23.7 Å². The third-order valence-electron chi connectivity index (χ3n) is 2.21. The first-order valence-corrected chi connectivity index (χ1v) is 5.34. The van der Waals surface area contributed by atoms with E-state index in [2.05, 4.69) is 10.3 Å². The first-order valence-electron chi connectivity index (χ1n) is 4.96. The number of halogens is 1. The van der Waals surface area contributed by atoms with Crippen molar-refractivity contribution >= 4 is 23.1 Å². The van der Waals surface area contributed by atoms with E-state index in [9.17, 15) is 0 Å². The smallest absolute Gasteiger partial charge is 0.149 e. The first-order chi connectivity index (χ1) is 7.79. The molecule has 1 aromatic carbocycles. The van der Waals surface area contributed by atoms with Crippen molar-refractivity contribution in [3.63, 3.8) is 0 Å². The summed E-state index contributed by atoms with van der Waals surface area (Å²) in [5.41, 5.74) is 7.56. The van der Waals surface area contributed by atoms with Crippen molar-refractivity contribution in [2.24, 2.45) is 5.73 Å². The monoisotopic (exact) mass is 233 g/mol. The van der Waals surface area contributed by atoms with E-state index in [1.165, 1.54) is 0 Å². The number of aromatic nitrogens is 1. The Bertz CT molecular complexity index is 468. The minimum Gasteiger partial charge on any atom is -0.339 e. The molecule has 1 aromatic heterocycles. The molecule has 2 rings (SSSR count). The van der Waals surface area contributed by atoms with Crippen LogP contribution in [0.1, 0.15) is 5.56 Å². The molecule has 0 radical (unpaired) electrons. The summed E-state index contributed by atoms with van der Waals surface area (Å²) in [6.45, 7) is 0.546. The summed E-state index contributed by atoms with van der Waals surface area (Å²) in [6, 6.07) is 11.4. The number of nitrogens with zero attached hydrogens (tertiary/aromatic N) is 1. The summed E-state index contributed by atoms with van der Waals surface area (Å²) in [5.74, 6) is 0.657. The molecule has 1 heterocycles. The molecule has 0 aliphatic carbocycles. The summed E-state index contributed by atoms with van der Waals surface area (Å²) < 4.78 is 0. The molecule has 16 heavy (non-hydrogen) atoms. The topological polar surface area (TPSA) is 50.9 Å². The second-order valence-corrected chi connectivity index (χ2v) is 3.77. The van der Waals surface area contributed by atoms with Crippen LogP contribution in [0.25, 0.3) is 0 Å². The van der Waals surface area contributed by atoms with Crippen LogP contribution in [0.15, 0.2) is 42.6 Å². The van der Waals surface area contributed by atoms with Gasteiger partial charge in [0.2, 0.25) is 0 Å². The van der Waals surface area contributed by atoms with Gasteiger partial charge in [-0.15, -0.1) is 0 Å². The highest BCUT2D eigenvalue weighted by molar-refractivity contribution is 6.33. The number of anilines is 2. The standard InChI is InChI=1S/C12H12ClN3/c13-11-2-1-7-15-12(11)16-10-5-3-9(8-14)4-6-10/h1-7H,8,14H2,(H,15,16). The van der Waals surface area contributed by atoms with Gasteiger partial charge in [-0.2, -0.15) is 0 Å². The molecular weight excluding hydrogens is 222 g/mol. The zero-order chi connectivity index (χ0) is 11.4. The van der Waals surface area contributed by atoms with Gasteiger partial charge in [0, 0.05) is 18.4 Å². The molecule has 82 valence electrons. The molecule has 3 nitrogen and oxygen atoms in total. The molecule has 0 spiro atoms. The predicted molar refractivity (Wildman–Crippen MR) is 66.9 cm³/mol. The third kappa shape index (κ3) is 2.51. The zero-order valence-electron chi connectivity index (χ0n) is 8.65. The molecule has 0 aliphatic heterocycles. The van der Waals surface area contributed by atoms with Crippen molar-refractivity contribution in [1.29, 1.82) is 0 Å². The highest BCUT2D eigenvalue weighted by atomic mass is 35.5. The second kappa shape index (κ2) is 4.96. The molecule has 0 amide bonds. The summed E-state index contributed by atoms with van der Waals surface area (Å²) in [7, 11) is 0. The van der Waals surface area contributed by atoms with Gasteiger partial charge in [0.15, 0.2) is 0 Å². The molecule has 0 unspecified atom stereocenters. The molecular formula is C12H12ClN3. The van der Waals surface area contributed by atoms with Crippen molar-refractivity contribution in [2.45, 2.75) is 6.54 Å². The van der Waals surface area contributed by atoms with Crippen molar-refractivity contribution < 1.29 is 0 Å². The van der Waals surface area contributed by atoms with Crippen molar-refractivity contribution in [2.75, 3.05) is 5.32 Å². The maximum absolute atomic E-state index is 5.99. The van der Waals surface area contributed by atoms with Gasteiger partial charge in [0.05, 0.1) is 5.02 Å². The van der Waals surface area contributed by atoms with Crippen LogP contribution in [0, 0.1) is 0 Å². The predicted octanol–water partition coefficient (Wildman–Crippen LogP) is 2.94. The van der Waals surface area contributed by atoms with Gasteiger partial charge in [0.25, 0.3) is 0 Å². The van der Waals surface area contributed by atoms with E-state index >= 15 is 0 Å². The van der Waals surface area contributed by atoms with E-state index in [0.29, 0.717) is 17.4 Å². The van der Waals surface area contributed by atoms with Crippen LogP contribution in [0.3, 0.4) is 0 Å². The Morgan fingerprint density at radius 3 is 2.56 bits per heavy atom. The Labute approximate surface area is 99.3 Å². The Morgan fingerprint density at radius 1 is 1.19 bits per heavy atom. The number of benzene rings is 1. The fourth-order valence-corrected chi connectivity index (χ4v) is 1.51. The largest absolute Gasteiger partial charge is 0.339 e. The molecule has 0 fully saturated rings. The van der Waals surface area contributed by atoms with Crippen LogP contribution in [0.4, 0.5) is 11.5 Å². The van der Waals surface area contributed by atoms with Gasteiger partial charge in [-0.05, 0) is 29.8 Å². The average Bonchev–Trinajstić information content (AvgIpc) is 2.33. The van der Waals surface area contributed by atoms with Crippen molar-refractivity contribution in [3.05, 3.63) is 53.2 Å².